The molecule has 2 atom stereocenters. The highest BCUT2D eigenvalue weighted by molar-refractivity contribution is 5.20. The van der Waals surface area contributed by atoms with Gasteiger partial charge in [0.2, 0.25) is 0 Å². The van der Waals surface area contributed by atoms with Crippen molar-refractivity contribution in [3.63, 3.8) is 0 Å². The minimum Gasteiger partial charge on any atom is -0.313 e. The average Bonchev–Trinajstić information content (AvgIpc) is 2.27. The lowest BCUT2D eigenvalue weighted by Gasteiger charge is -2.30. The van der Waals surface area contributed by atoms with Crippen molar-refractivity contribution in [1.82, 2.24) is 5.32 Å². The van der Waals surface area contributed by atoms with Crippen LogP contribution in [-0.2, 0) is 6.42 Å². The molecule has 0 radical (unpaired) electrons. The van der Waals surface area contributed by atoms with Crippen LogP contribution in [0.4, 0.5) is 8.78 Å². The van der Waals surface area contributed by atoms with Crippen LogP contribution in [0.2, 0.25) is 0 Å². The van der Waals surface area contributed by atoms with E-state index in [1.54, 1.807) is 0 Å². The van der Waals surface area contributed by atoms with Crippen LogP contribution >= 0.6 is 0 Å². The maximum absolute atomic E-state index is 13.5. The lowest BCUT2D eigenvalue weighted by atomic mass is 9.88. The highest BCUT2D eigenvalue weighted by atomic mass is 19.1. The van der Waals surface area contributed by atoms with Gasteiger partial charge in [0.15, 0.2) is 0 Å². The van der Waals surface area contributed by atoms with Crippen LogP contribution < -0.4 is 5.32 Å². The van der Waals surface area contributed by atoms with Gasteiger partial charge in [0, 0.05) is 6.04 Å². The molecule has 0 spiro atoms. The molecule has 2 rings (SSSR count). The smallest absolute Gasteiger partial charge is 0.126 e. The lowest BCUT2D eigenvalue weighted by molar-refractivity contribution is 0.296. The van der Waals surface area contributed by atoms with Crippen molar-refractivity contribution < 1.29 is 8.78 Å². The molecule has 0 aliphatic carbocycles. The predicted molar refractivity (Wildman–Crippen MR) is 60.3 cm³/mol. The molecule has 1 aliphatic rings. The number of hydrogen-bond acceptors (Lipinski definition) is 1. The van der Waals surface area contributed by atoms with E-state index in [2.05, 4.69) is 12.2 Å². The van der Waals surface area contributed by atoms with Crippen LogP contribution in [0.5, 0.6) is 0 Å². The molecule has 1 heterocycles. The number of halogens is 2. The normalized spacial score (nSPS) is 25.7. The molecule has 3 heteroatoms. The van der Waals surface area contributed by atoms with Gasteiger partial charge >= 0.3 is 0 Å². The summed E-state index contributed by atoms with van der Waals surface area (Å²) in [5.41, 5.74) is 0.478. The van der Waals surface area contributed by atoms with Crippen molar-refractivity contribution in [3.8, 4) is 0 Å². The summed E-state index contributed by atoms with van der Waals surface area (Å²) in [4.78, 5) is 0. The van der Waals surface area contributed by atoms with Crippen molar-refractivity contribution in [3.05, 3.63) is 35.4 Å². The Hall–Kier alpha value is -0.960. The Morgan fingerprint density at radius 3 is 2.94 bits per heavy atom. The molecule has 1 fully saturated rings. The Morgan fingerprint density at radius 2 is 2.19 bits per heavy atom. The van der Waals surface area contributed by atoms with E-state index in [9.17, 15) is 8.78 Å². The molecule has 0 aromatic heterocycles. The zero-order chi connectivity index (χ0) is 11.5. The zero-order valence-electron chi connectivity index (χ0n) is 9.47. The standard InChI is InChI=1S/C13H17F2N/c1-9-3-2-6-16-13(9)8-10-7-11(14)4-5-12(10)15/h4-5,7,9,13,16H,2-3,6,8H2,1H3. The van der Waals surface area contributed by atoms with E-state index in [1.165, 1.54) is 18.6 Å². The molecule has 88 valence electrons. The molecule has 1 nitrogen and oxygen atoms in total. The topological polar surface area (TPSA) is 12.0 Å². The summed E-state index contributed by atoms with van der Waals surface area (Å²) in [6, 6.07) is 3.94. The fourth-order valence-corrected chi connectivity index (χ4v) is 2.32. The fraction of sp³-hybridized carbons (Fsp3) is 0.538. The molecule has 1 aromatic carbocycles. The first-order valence-electron chi connectivity index (χ1n) is 5.84. The molecule has 2 unspecified atom stereocenters. The SMILES string of the molecule is CC1CCCNC1Cc1cc(F)ccc1F. The van der Waals surface area contributed by atoms with Crippen LogP contribution in [0, 0.1) is 17.6 Å². The van der Waals surface area contributed by atoms with Crippen LogP contribution in [0.25, 0.3) is 0 Å². The maximum Gasteiger partial charge on any atom is 0.126 e. The van der Waals surface area contributed by atoms with Gasteiger partial charge < -0.3 is 5.32 Å². The van der Waals surface area contributed by atoms with Gasteiger partial charge in [0.1, 0.15) is 11.6 Å². The summed E-state index contributed by atoms with van der Waals surface area (Å²) in [5, 5.41) is 3.37. The number of nitrogens with one attached hydrogen (secondary N) is 1. The van der Waals surface area contributed by atoms with Crippen LogP contribution in [0.1, 0.15) is 25.3 Å². The van der Waals surface area contributed by atoms with Gasteiger partial charge in [0.25, 0.3) is 0 Å². The number of rotatable bonds is 2. The first-order chi connectivity index (χ1) is 7.66. The minimum atomic E-state index is -0.361. The quantitative estimate of drug-likeness (QED) is 0.816. The van der Waals surface area contributed by atoms with Crippen molar-refractivity contribution in [2.24, 2.45) is 5.92 Å². The third-order valence-corrected chi connectivity index (χ3v) is 3.38. The van der Waals surface area contributed by atoms with E-state index in [0.717, 1.165) is 19.0 Å². The van der Waals surface area contributed by atoms with E-state index in [0.29, 0.717) is 17.9 Å². The largest absolute Gasteiger partial charge is 0.313 e. The Bertz CT molecular complexity index is 365. The van der Waals surface area contributed by atoms with E-state index in [1.807, 2.05) is 0 Å². The second kappa shape index (κ2) is 4.91. The van der Waals surface area contributed by atoms with Crippen molar-refractivity contribution in [1.29, 1.82) is 0 Å². The fourth-order valence-electron chi connectivity index (χ4n) is 2.32. The average molecular weight is 225 g/mol. The predicted octanol–water partition coefficient (Wildman–Crippen LogP) is 2.90. The highest BCUT2D eigenvalue weighted by Gasteiger charge is 2.22. The van der Waals surface area contributed by atoms with Crippen molar-refractivity contribution >= 4 is 0 Å². The van der Waals surface area contributed by atoms with Crippen molar-refractivity contribution in [2.75, 3.05) is 6.54 Å². The molecule has 0 bridgehead atoms. The van der Waals surface area contributed by atoms with E-state index >= 15 is 0 Å². The third-order valence-electron chi connectivity index (χ3n) is 3.38. The zero-order valence-corrected chi connectivity index (χ0v) is 9.47. The van der Waals surface area contributed by atoms with Gasteiger partial charge in [-0.1, -0.05) is 6.92 Å². The summed E-state index contributed by atoms with van der Waals surface area (Å²) >= 11 is 0. The Morgan fingerprint density at radius 1 is 1.38 bits per heavy atom. The second-order valence-electron chi connectivity index (χ2n) is 4.62. The van der Waals surface area contributed by atoms with Gasteiger partial charge in [-0.25, -0.2) is 8.78 Å². The molecule has 16 heavy (non-hydrogen) atoms. The molecule has 0 amide bonds. The number of hydrogen-bond donors (Lipinski definition) is 1. The van der Waals surface area contributed by atoms with Gasteiger partial charge in [-0.05, 0) is 55.5 Å². The Balaban J connectivity index is 2.10. The summed E-state index contributed by atoms with van der Waals surface area (Å²) in [5.74, 6) is -0.141. The summed E-state index contributed by atoms with van der Waals surface area (Å²) < 4.78 is 26.5. The highest BCUT2D eigenvalue weighted by Crippen LogP contribution is 2.20. The minimum absolute atomic E-state index is 0.269. The summed E-state index contributed by atoms with van der Waals surface area (Å²) in [7, 11) is 0. The Kier molecular flexibility index (Phi) is 3.54. The second-order valence-corrected chi connectivity index (χ2v) is 4.62. The molecule has 1 saturated heterocycles. The Labute approximate surface area is 94.9 Å². The lowest BCUT2D eigenvalue weighted by Crippen LogP contribution is -2.41. The van der Waals surface area contributed by atoms with Crippen LogP contribution in [0.15, 0.2) is 18.2 Å². The van der Waals surface area contributed by atoms with Gasteiger partial charge in [-0.3, -0.25) is 0 Å². The first-order valence-corrected chi connectivity index (χ1v) is 5.84. The van der Waals surface area contributed by atoms with E-state index < -0.39 is 0 Å². The monoisotopic (exact) mass is 225 g/mol. The van der Waals surface area contributed by atoms with Crippen LogP contribution in [-0.4, -0.2) is 12.6 Å². The van der Waals surface area contributed by atoms with Crippen LogP contribution in [0.3, 0.4) is 0 Å². The van der Waals surface area contributed by atoms with E-state index in [4.69, 9.17) is 0 Å². The van der Waals surface area contributed by atoms with E-state index in [-0.39, 0.29) is 17.7 Å². The number of benzene rings is 1. The molecular weight excluding hydrogens is 208 g/mol. The van der Waals surface area contributed by atoms with Gasteiger partial charge in [-0.15, -0.1) is 0 Å². The maximum atomic E-state index is 13.5. The summed E-state index contributed by atoms with van der Waals surface area (Å²) in [6.45, 7) is 3.14. The molecule has 1 aliphatic heterocycles. The summed E-state index contributed by atoms with van der Waals surface area (Å²) in [6.07, 6.45) is 2.91. The number of piperidine rings is 1. The van der Waals surface area contributed by atoms with Gasteiger partial charge in [-0.2, -0.15) is 0 Å². The molecule has 1 aromatic rings. The molecule has 0 saturated carbocycles. The third kappa shape index (κ3) is 2.59. The first kappa shape index (κ1) is 11.5. The van der Waals surface area contributed by atoms with Gasteiger partial charge in [0.05, 0.1) is 0 Å². The van der Waals surface area contributed by atoms with Crippen molar-refractivity contribution in [2.45, 2.75) is 32.2 Å². The molecular formula is C13H17F2N. The molecule has 1 N–H and O–H groups in total.